The van der Waals surface area contributed by atoms with Crippen LogP contribution in [-0.4, -0.2) is 87.8 Å². The van der Waals surface area contributed by atoms with Crippen LogP contribution in [0.4, 0.5) is 0 Å². The quantitative estimate of drug-likeness (QED) is 0.0527. The molecule has 0 aromatic heterocycles. The topological polar surface area (TPSA) is 240 Å². The van der Waals surface area contributed by atoms with Gasteiger partial charge >= 0.3 is 0 Å². The number of carbonyl (C=O) groups is 7. The summed E-state index contributed by atoms with van der Waals surface area (Å²) in [7, 11) is 1.78. The number of nitriles is 1. The van der Waals surface area contributed by atoms with E-state index in [0.29, 0.717) is 33.0 Å². The van der Waals surface area contributed by atoms with Crippen LogP contribution in [-0.2, 0) is 9.59 Å². The number of amides is 4. The Morgan fingerprint density at radius 3 is 0.823 bits per heavy atom. The molecule has 17 nitrogen and oxygen atoms in total. The number of imide groups is 2. The molecular formula is C79H94N6O11. The lowest BCUT2D eigenvalue weighted by molar-refractivity contribution is -0.445. The van der Waals surface area contributed by atoms with Crippen molar-refractivity contribution in [2.75, 3.05) is 27.2 Å². The summed E-state index contributed by atoms with van der Waals surface area (Å²) in [4.78, 5) is 106. The van der Waals surface area contributed by atoms with Gasteiger partial charge in [0.2, 0.25) is 0 Å². The van der Waals surface area contributed by atoms with Crippen LogP contribution in [0.3, 0.4) is 0 Å². The van der Waals surface area contributed by atoms with Crippen molar-refractivity contribution in [3.05, 3.63) is 252 Å². The van der Waals surface area contributed by atoms with Crippen LogP contribution in [0.2, 0.25) is 0 Å². The zero-order valence-electron chi connectivity index (χ0n) is 58.7. The van der Waals surface area contributed by atoms with Gasteiger partial charge in [-0.1, -0.05) is 243 Å². The number of allylic oxidation sites excluding steroid dienone is 9. The Kier molecular flexibility index (Phi) is 38.9. The summed E-state index contributed by atoms with van der Waals surface area (Å²) in [5.74, 6) is -0.957. The van der Waals surface area contributed by atoms with Gasteiger partial charge in [0.1, 0.15) is 0 Å². The van der Waals surface area contributed by atoms with Crippen LogP contribution in [0.15, 0.2) is 176 Å². The van der Waals surface area contributed by atoms with Gasteiger partial charge in [-0.15, -0.1) is 0 Å². The minimum absolute atomic E-state index is 0.0288. The molecule has 6 aromatic rings. The number of rotatable bonds is 3. The molecule has 0 fully saturated rings. The summed E-state index contributed by atoms with van der Waals surface area (Å²) in [6.07, 6.45) is 21.3. The largest absolute Gasteiger partial charge is 0.290 e. The Balaban J connectivity index is 0.000000578. The molecule has 2 heterocycles. The molecule has 0 atom stereocenters. The zero-order valence-corrected chi connectivity index (χ0v) is 58.7. The summed E-state index contributed by atoms with van der Waals surface area (Å²) in [5.41, 5.74) is 10.3. The molecule has 6 aliphatic rings. The maximum absolute atomic E-state index is 12.6. The number of carbonyl (C=O) groups excluding carboxylic acids is 7. The van der Waals surface area contributed by atoms with Crippen molar-refractivity contribution in [2.45, 2.75) is 135 Å². The minimum Gasteiger partial charge on any atom is -0.290 e. The van der Waals surface area contributed by atoms with Crippen molar-refractivity contribution < 1.29 is 43.4 Å². The molecule has 0 spiro atoms. The first-order valence-electron chi connectivity index (χ1n) is 32.7. The van der Waals surface area contributed by atoms with Gasteiger partial charge in [-0.25, -0.2) is 10.1 Å². The van der Waals surface area contributed by atoms with Crippen molar-refractivity contribution in [1.29, 1.82) is 5.26 Å². The second kappa shape index (κ2) is 44.8. The molecule has 0 unspecified atom stereocenters. The normalized spacial score (nSPS) is 12.9. The minimum atomic E-state index is -0.500. The first kappa shape index (κ1) is 83.4. The third-order valence-electron chi connectivity index (χ3n) is 12.8. The molecule has 506 valence electrons. The smallest absolute Gasteiger partial charge is 0.270 e. The van der Waals surface area contributed by atoms with Gasteiger partial charge in [-0.3, -0.25) is 63.6 Å². The molecule has 2 aliphatic heterocycles. The highest BCUT2D eigenvalue weighted by Gasteiger charge is 2.39. The van der Waals surface area contributed by atoms with E-state index in [-0.39, 0.29) is 48.0 Å². The van der Waals surface area contributed by atoms with Crippen LogP contribution in [0.25, 0.3) is 43.4 Å². The lowest BCUT2D eigenvalue weighted by Crippen LogP contribution is -2.43. The molecule has 4 aliphatic carbocycles. The first-order chi connectivity index (χ1) is 46.0. The predicted octanol–water partition coefficient (Wildman–Crippen LogP) is 18.7. The summed E-state index contributed by atoms with van der Waals surface area (Å²) in [5, 5.41) is 27.6. The SMILES string of the molecule is CCC.CCC.CCC.CCC.CCC.CCC.CCN1C(=O)c2ccc3c4c(ccc(c24)C1=O)C(=O)N(CC)C3=O.C[N+](=O)[O-].C[N+](=O)[O-].O=C1C=CC(C2C=CC(=O)C=C2)C=C1.O=C1c2ccccc2-c2ccccc21.[C-]#[N+]C(C#N)=C1c2ccccc2-c2ccccc21. The van der Waals surface area contributed by atoms with Gasteiger partial charge < -0.3 is 0 Å². The van der Waals surface area contributed by atoms with Crippen molar-refractivity contribution in [3.63, 3.8) is 0 Å². The van der Waals surface area contributed by atoms with Crippen LogP contribution < -0.4 is 0 Å². The Hall–Kier alpha value is -10.7. The highest BCUT2D eigenvalue weighted by atomic mass is 16.6. The fourth-order valence-corrected chi connectivity index (χ4v) is 9.51. The lowest BCUT2D eigenvalue weighted by atomic mass is 9.86. The second-order valence-corrected chi connectivity index (χ2v) is 21.8. The number of nitrogens with zero attached hydrogens (tertiary/aromatic N) is 6. The molecule has 96 heavy (non-hydrogen) atoms. The number of hydrogen-bond donors (Lipinski definition) is 0. The standard InChI is InChI=1S/C18H14N2O4.C16H8N2.C13H8O.C12H10O2.6C3H8.2CH3NO2/c1-3-19-15(21)9-5-7-11-14-12(18(24)20(4-2)17(11)23)8-6-10(13(9)14)16(19)22;1-18-15(10-17)16-13-8-4-2-6-11(13)12-7-3-5-9-14(12)16;14-13-11-7-3-1-5-9(11)10-6-2-4-8-12(10)13;13-11-5-1-9(2-6-11)10-3-7-12(14)8-4-10;6*1-3-2;2*1-2(3)4/h5-8H,3-4H2,1-2H3;2-9H;1-8H;1-10H;6*3H2,1-2H3;2*1H3. The average molecular weight is 1300 g/mol. The van der Waals surface area contributed by atoms with E-state index in [0.717, 1.165) is 64.2 Å². The van der Waals surface area contributed by atoms with E-state index < -0.39 is 33.5 Å². The fourth-order valence-electron chi connectivity index (χ4n) is 9.51. The van der Waals surface area contributed by atoms with Gasteiger partial charge in [0.05, 0.1) is 12.6 Å². The van der Waals surface area contributed by atoms with Crippen LogP contribution >= 0.6 is 0 Å². The molecule has 0 radical (unpaired) electrons. The van der Waals surface area contributed by atoms with Gasteiger partial charge in [0, 0.05) is 84.5 Å². The van der Waals surface area contributed by atoms with Crippen molar-refractivity contribution in [1.82, 2.24) is 9.80 Å². The maximum atomic E-state index is 12.6. The summed E-state index contributed by atoms with van der Waals surface area (Å²) < 4.78 is 0. The molecule has 0 N–H and O–H groups in total. The van der Waals surface area contributed by atoms with E-state index in [1.807, 2.05) is 127 Å². The Bertz CT molecular complexity index is 3550. The third kappa shape index (κ3) is 23.4. The summed E-state index contributed by atoms with van der Waals surface area (Å²) >= 11 is 0. The van der Waals surface area contributed by atoms with E-state index in [1.165, 1.54) is 48.3 Å². The number of nitro groups is 2. The van der Waals surface area contributed by atoms with E-state index in [9.17, 15) is 33.6 Å². The van der Waals surface area contributed by atoms with Crippen LogP contribution in [0, 0.1) is 50.0 Å². The molecule has 17 heteroatoms. The summed E-state index contributed by atoms with van der Waals surface area (Å²) in [6.45, 7) is 36.7. The highest BCUT2D eigenvalue weighted by Crippen LogP contribution is 2.45. The fraction of sp³-hybridized carbons (Fsp3) is 0.329. The van der Waals surface area contributed by atoms with Crippen LogP contribution in [0.5, 0.6) is 0 Å². The van der Waals surface area contributed by atoms with E-state index in [1.54, 1.807) is 62.4 Å². The molecule has 4 amide bonds. The summed E-state index contributed by atoms with van der Waals surface area (Å²) in [6, 6.07) is 39.6. The number of fused-ring (bicyclic) bond motifs is 6. The Morgan fingerprint density at radius 1 is 0.406 bits per heavy atom. The van der Waals surface area contributed by atoms with Crippen molar-refractivity contribution in [2.24, 2.45) is 11.8 Å². The molecule has 0 saturated carbocycles. The van der Waals surface area contributed by atoms with E-state index in [4.69, 9.17) is 32.1 Å². The molecule has 6 aromatic carbocycles. The lowest BCUT2D eigenvalue weighted by Gasteiger charge is -2.31. The van der Waals surface area contributed by atoms with Gasteiger partial charge in [0.15, 0.2) is 31.4 Å². The average Bonchev–Trinajstić information content (AvgIpc) is 1.03. The molecular weight excluding hydrogens is 1210 g/mol. The molecule has 12 rings (SSSR count). The highest BCUT2D eigenvalue weighted by molar-refractivity contribution is 6.33. The molecule has 0 bridgehead atoms. The van der Waals surface area contributed by atoms with E-state index in [2.05, 4.69) is 87.9 Å². The van der Waals surface area contributed by atoms with Gasteiger partial charge in [-0.2, -0.15) is 0 Å². The number of ketones is 3. The predicted molar refractivity (Wildman–Crippen MR) is 387 cm³/mol. The number of hydrogen-bond acceptors (Lipinski definition) is 12. The first-order valence-corrected chi connectivity index (χ1v) is 32.7. The Labute approximate surface area is 567 Å². The van der Waals surface area contributed by atoms with E-state index >= 15 is 0 Å². The van der Waals surface area contributed by atoms with Gasteiger partial charge in [-0.05, 0) is 95.8 Å². The monoisotopic (exact) mass is 1300 g/mol. The van der Waals surface area contributed by atoms with Gasteiger partial charge in [0.25, 0.3) is 29.3 Å². The van der Waals surface area contributed by atoms with Crippen molar-refractivity contribution in [3.8, 4) is 28.3 Å². The maximum Gasteiger partial charge on any atom is 0.270 e. The number of benzene rings is 6. The zero-order chi connectivity index (χ0) is 72.6. The van der Waals surface area contributed by atoms with Crippen LogP contribution in [0.1, 0.15) is 204 Å². The molecule has 0 saturated heterocycles. The third-order valence-corrected chi connectivity index (χ3v) is 12.8. The van der Waals surface area contributed by atoms with Crippen molar-refractivity contribution >= 4 is 57.3 Å². The Morgan fingerprint density at radius 2 is 0.615 bits per heavy atom. The second-order valence-electron chi connectivity index (χ2n) is 21.8.